The summed E-state index contributed by atoms with van der Waals surface area (Å²) in [6.07, 6.45) is 2.75. The van der Waals surface area contributed by atoms with Crippen molar-refractivity contribution in [3.8, 4) is 0 Å². The van der Waals surface area contributed by atoms with Gasteiger partial charge in [-0.2, -0.15) is 5.10 Å². The third kappa shape index (κ3) is 8.18. The van der Waals surface area contributed by atoms with E-state index in [4.69, 9.17) is 11.6 Å². The number of hydrogen-bond donors (Lipinski definition) is 2. The Kier molecular flexibility index (Phi) is 10.9. The molecule has 6 rings (SSSR count). The quantitative estimate of drug-likeness (QED) is 0.113. The van der Waals surface area contributed by atoms with Gasteiger partial charge < -0.3 is 9.67 Å². The lowest BCUT2D eigenvalue weighted by Gasteiger charge is -2.25. The minimum atomic E-state index is -3.59. The van der Waals surface area contributed by atoms with Crippen molar-refractivity contribution >= 4 is 38.5 Å². The number of sulfonamides is 1. The first-order valence-corrected chi connectivity index (χ1v) is 18.8. The zero-order valence-electron chi connectivity index (χ0n) is 28.2. The van der Waals surface area contributed by atoms with Gasteiger partial charge in [0, 0.05) is 40.3 Å². The highest BCUT2D eigenvalue weighted by atomic mass is 35.5. The van der Waals surface area contributed by atoms with Crippen LogP contribution in [0.2, 0.25) is 5.02 Å². The lowest BCUT2D eigenvalue weighted by atomic mass is 9.97. The fourth-order valence-electron chi connectivity index (χ4n) is 6.80. The van der Waals surface area contributed by atoms with Crippen LogP contribution in [0.25, 0.3) is 10.9 Å². The molecule has 0 radical (unpaired) electrons. The highest BCUT2D eigenvalue weighted by Gasteiger charge is 2.26. The molecule has 0 atom stereocenters. The first kappa shape index (κ1) is 35.1. The highest BCUT2D eigenvalue weighted by Crippen LogP contribution is 2.38. The molecule has 4 aromatic carbocycles. The van der Waals surface area contributed by atoms with E-state index in [1.54, 1.807) is 16.8 Å². The number of hydrogen-bond acceptors (Lipinski definition) is 4. The Labute approximate surface area is 298 Å². The maximum Gasteiger partial charge on any atom is 0.335 e. The molecule has 0 aliphatic rings. The first-order valence-electron chi connectivity index (χ1n) is 16.8. The normalized spacial score (nSPS) is 11.8. The van der Waals surface area contributed by atoms with E-state index in [-0.39, 0.29) is 30.4 Å². The van der Waals surface area contributed by atoms with Crippen LogP contribution in [-0.2, 0) is 35.8 Å². The second kappa shape index (κ2) is 15.5. The molecule has 0 spiro atoms. The number of carboxylic acid groups (broad SMARTS) is 1. The first-order chi connectivity index (χ1) is 24.1. The summed E-state index contributed by atoms with van der Waals surface area (Å²) in [6, 6.07) is 35.5. The number of fused-ring (bicyclic) bond motifs is 1. The summed E-state index contributed by atoms with van der Waals surface area (Å²) in [5.41, 5.74) is 8.53. The Morgan fingerprint density at radius 3 is 2.12 bits per heavy atom. The molecule has 0 aliphatic carbocycles. The van der Waals surface area contributed by atoms with E-state index in [9.17, 15) is 18.3 Å². The van der Waals surface area contributed by atoms with Crippen LogP contribution in [-0.4, -0.2) is 46.1 Å². The van der Waals surface area contributed by atoms with Gasteiger partial charge in [0.15, 0.2) is 0 Å². The molecular weight excluding hydrogens is 668 g/mol. The molecule has 2 aromatic heterocycles. The summed E-state index contributed by atoms with van der Waals surface area (Å²) in [6.45, 7) is 4.32. The lowest BCUT2D eigenvalue weighted by molar-refractivity contribution is 0.0697. The number of benzene rings is 4. The predicted octanol–water partition coefficient (Wildman–Crippen LogP) is 7.78. The minimum Gasteiger partial charge on any atom is -0.478 e. The van der Waals surface area contributed by atoms with Gasteiger partial charge in [0.05, 0.1) is 29.6 Å². The molecule has 0 bridgehead atoms. The predicted molar refractivity (Wildman–Crippen MR) is 200 cm³/mol. The number of aryl methyl sites for hydroxylation is 5. The minimum absolute atomic E-state index is 0.0717. The summed E-state index contributed by atoms with van der Waals surface area (Å²) >= 11 is 6.64. The highest BCUT2D eigenvalue weighted by molar-refractivity contribution is 7.89. The Hall–Kier alpha value is -4.70. The Balaban J connectivity index is 1.37. The van der Waals surface area contributed by atoms with Gasteiger partial charge in [-0.05, 0) is 91.8 Å². The fourth-order valence-corrected chi connectivity index (χ4v) is 7.94. The van der Waals surface area contributed by atoms with E-state index in [0.717, 1.165) is 69.5 Å². The molecule has 0 aliphatic heterocycles. The summed E-state index contributed by atoms with van der Waals surface area (Å²) in [4.78, 5) is 11.4. The van der Waals surface area contributed by atoms with Crippen LogP contribution >= 0.6 is 11.6 Å². The third-order valence-electron chi connectivity index (χ3n) is 9.12. The van der Waals surface area contributed by atoms with Gasteiger partial charge in [-0.3, -0.25) is 4.68 Å². The van der Waals surface area contributed by atoms with E-state index < -0.39 is 16.0 Å². The maximum absolute atomic E-state index is 13.3. The number of carboxylic acids is 1. The standard InChI is InChI=1S/C40H41ClN4O4S/c1-28-26-29(2)44(43-28)24-25-50(48,49)42-23-22-38-35(15-9-10-30-16-18-33(19-17-30)40(46)47)36-27-34(41)20-21-37(36)45(38)39(31-11-5-3-6-12-31)32-13-7-4-8-14-32/h3-8,11-14,16-21,26-27,39,42H,9-10,15,22-25H2,1-2H3,(H,46,47). The van der Waals surface area contributed by atoms with Gasteiger partial charge in [-0.15, -0.1) is 0 Å². The van der Waals surface area contributed by atoms with Crippen molar-refractivity contribution in [1.82, 2.24) is 19.1 Å². The average Bonchev–Trinajstić information content (AvgIpc) is 3.59. The van der Waals surface area contributed by atoms with E-state index >= 15 is 0 Å². The van der Waals surface area contributed by atoms with Crippen molar-refractivity contribution in [2.45, 2.75) is 52.1 Å². The number of nitrogens with one attached hydrogen (secondary N) is 1. The molecule has 0 saturated heterocycles. The molecule has 50 heavy (non-hydrogen) atoms. The van der Waals surface area contributed by atoms with Gasteiger partial charge in [0.25, 0.3) is 0 Å². The molecule has 10 heteroatoms. The maximum atomic E-state index is 13.3. The molecule has 0 amide bonds. The largest absolute Gasteiger partial charge is 0.478 e. The third-order valence-corrected chi connectivity index (χ3v) is 10.7. The van der Waals surface area contributed by atoms with Crippen LogP contribution in [0.1, 0.15) is 62.2 Å². The molecule has 2 heterocycles. The van der Waals surface area contributed by atoms with Crippen molar-refractivity contribution in [1.29, 1.82) is 0 Å². The van der Waals surface area contributed by atoms with Crippen molar-refractivity contribution in [3.63, 3.8) is 0 Å². The topological polar surface area (TPSA) is 106 Å². The Bertz CT molecular complexity index is 2160. The fraction of sp³-hybridized carbons (Fsp3) is 0.250. The van der Waals surface area contributed by atoms with Gasteiger partial charge in [-0.1, -0.05) is 84.4 Å². The lowest BCUT2D eigenvalue weighted by Crippen LogP contribution is -2.31. The second-order valence-electron chi connectivity index (χ2n) is 12.6. The Morgan fingerprint density at radius 2 is 1.52 bits per heavy atom. The molecule has 0 saturated carbocycles. The number of aromatic carboxylic acids is 1. The molecule has 0 unspecified atom stereocenters. The van der Waals surface area contributed by atoms with Gasteiger partial charge >= 0.3 is 5.97 Å². The number of carbonyl (C=O) groups is 1. The van der Waals surface area contributed by atoms with Crippen LogP contribution in [0.4, 0.5) is 0 Å². The molecule has 0 fully saturated rings. The molecule has 258 valence electrons. The zero-order valence-corrected chi connectivity index (χ0v) is 29.8. The summed E-state index contributed by atoms with van der Waals surface area (Å²) in [7, 11) is -3.59. The van der Waals surface area contributed by atoms with E-state index in [2.05, 4.69) is 44.7 Å². The zero-order chi connectivity index (χ0) is 35.3. The molecule has 6 aromatic rings. The van der Waals surface area contributed by atoms with Crippen molar-refractivity contribution in [3.05, 3.63) is 159 Å². The van der Waals surface area contributed by atoms with Gasteiger partial charge in [0.1, 0.15) is 0 Å². The van der Waals surface area contributed by atoms with Gasteiger partial charge in [0.2, 0.25) is 10.0 Å². The van der Waals surface area contributed by atoms with Crippen LogP contribution in [0.3, 0.4) is 0 Å². The molecule has 8 nitrogen and oxygen atoms in total. The summed E-state index contributed by atoms with van der Waals surface area (Å²) in [5, 5.41) is 15.4. The molecule has 2 N–H and O–H groups in total. The van der Waals surface area contributed by atoms with Crippen LogP contribution < -0.4 is 4.72 Å². The number of nitrogens with zero attached hydrogens (tertiary/aromatic N) is 3. The Morgan fingerprint density at radius 1 is 0.860 bits per heavy atom. The van der Waals surface area contributed by atoms with Crippen molar-refractivity contribution in [2.24, 2.45) is 0 Å². The molecular formula is C40H41ClN4O4S. The smallest absolute Gasteiger partial charge is 0.335 e. The number of aromatic nitrogens is 3. The van der Waals surface area contributed by atoms with Crippen molar-refractivity contribution < 1.29 is 18.3 Å². The van der Waals surface area contributed by atoms with Crippen LogP contribution in [0.15, 0.2) is 109 Å². The van der Waals surface area contributed by atoms with Crippen LogP contribution in [0.5, 0.6) is 0 Å². The van der Waals surface area contributed by atoms with E-state index in [1.165, 1.54) is 0 Å². The summed E-state index contributed by atoms with van der Waals surface area (Å²) < 4.78 is 33.5. The summed E-state index contributed by atoms with van der Waals surface area (Å²) in [5.74, 6) is -1.02. The second-order valence-corrected chi connectivity index (χ2v) is 15.0. The SMILES string of the molecule is Cc1cc(C)n(CCS(=O)(=O)NCCc2c(CCCc3ccc(C(=O)O)cc3)c3cc(Cl)ccc3n2C(c2ccccc2)c2ccccc2)n1. The average molecular weight is 709 g/mol. The van der Waals surface area contributed by atoms with E-state index in [0.29, 0.717) is 11.4 Å². The van der Waals surface area contributed by atoms with E-state index in [1.807, 2.05) is 80.6 Å². The number of halogens is 1. The van der Waals surface area contributed by atoms with Gasteiger partial charge in [-0.25, -0.2) is 17.9 Å². The van der Waals surface area contributed by atoms with Crippen LogP contribution in [0, 0.1) is 13.8 Å². The van der Waals surface area contributed by atoms with Crippen molar-refractivity contribution in [2.75, 3.05) is 12.3 Å². The number of rotatable bonds is 15. The monoisotopic (exact) mass is 708 g/mol.